The molecule has 15 heavy (non-hydrogen) atoms. The predicted octanol–water partition coefficient (Wildman–Crippen LogP) is 1.46. The van der Waals surface area contributed by atoms with Gasteiger partial charge in [0.15, 0.2) is 0 Å². The van der Waals surface area contributed by atoms with Crippen molar-refractivity contribution in [2.75, 3.05) is 13.1 Å². The molecule has 2 rings (SSSR count). The first kappa shape index (κ1) is 10.4. The second-order valence-electron chi connectivity index (χ2n) is 4.10. The molecule has 1 aliphatic heterocycles. The predicted molar refractivity (Wildman–Crippen MR) is 55.5 cm³/mol. The lowest BCUT2D eigenvalue weighted by molar-refractivity contribution is -0.122. The standard InChI is InChI=1S/C11H16N2O2/c1-8-9(2)15-11(12-8)7-13-5-3-4-10(14)6-13/h3-7H2,1-2H3. The first-order chi connectivity index (χ1) is 7.15. The summed E-state index contributed by atoms with van der Waals surface area (Å²) in [6, 6.07) is 0. The Labute approximate surface area is 89.3 Å². The average Bonchev–Trinajstić information content (AvgIpc) is 2.45. The molecule has 0 atom stereocenters. The number of Topliss-reactive ketones (excluding diaryl/α,β-unsaturated/α-hetero) is 1. The number of aromatic nitrogens is 1. The lowest BCUT2D eigenvalue weighted by Crippen LogP contribution is -2.35. The van der Waals surface area contributed by atoms with Gasteiger partial charge < -0.3 is 4.42 Å². The fraction of sp³-hybridized carbons (Fsp3) is 0.636. The summed E-state index contributed by atoms with van der Waals surface area (Å²) in [5.41, 5.74) is 0.938. The Morgan fingerprint density at radius 3 is 2.87 bits per heavy atom. The third-order valence-electron chi connectivity index (χ3n) is 2.76. The monoisotopic (exact) mass is 208 g/mol. The number of carbonyl (C=O) groups excluding carboxylic acids is 1. The normalized spacial score (nSPS) is 18.4. The highest BCUT2D eigenvalue weighted by Gasteiger charge is 2.18. The Morgan fingerprint density at radius 1 is 1.47 bits per heavy atom. The number of rotatable bonds is 2. The van der Waals surface area contributed by atoms with Crippen LogP contribution < -0.4 is 0 Å². The molecule has 4 heteroatoms. The minimum Gasteiger partial charge on any atom is -0.444 e. The number of nitrogens with zero attached hydrogens (tertiary/aromatic N) is 2. The third kappa shape index (κ3) is 2.45. The van der Waals surface area contributed by atoms with Crippen LogP contribution in [0.3, 0.4) is 0 Å². The molecule has 0 saturated carbocycles. The molecule has 1 aromatic heterocycles. The van der Waals surface area contributed by atoms with Crippen LogP contribution in [0.5, 0.6) is 0 Å². The zero-order valence-corrected chi connectivity index (χ0v) is 9.25. The zero-order chi connectivity index (χ0) is 10.8. The van der Waals surface area contributed by atoms with E-state index < -0.39 is 0 Å². The van der Waals surface area contributed by atoms with E-state index in [4.69, 9.17) is 4.42 Å². The van der Waals surface area contributed by atoms with Gasteiger partial charge in [-0.05, 0) is 26.8 Å². The van der Waals surface area contributed by atoms with Gasteiger partial charge in [0.05, 0.1) is 18.8 Å². The van der Waals surface area contributed by atoms with Gasteiger partial charge in [-0.25, -0.2) is 4.98 Å². The number of oxazole rings is 1. The van der Waals surface area contributed by atoms with Gasteiger partial charge in [0.2, 0.25) is 5.89 Å². The summed E-state index contributed by atoms with van der Waals surface area (Å²) in [6.45, 7) is 6.00. The molecular formula is C11H16N2O2. The number of aryl methyl sites for hydroxylation is 2. The van der Waals surface area contributed by atoms with Crippen molar-refractivity contribution in [1.29, 1.82) is 0 Å². The molecule has 0 unspecified atom stereocenters. The Bertz CT molecular complexity index is 351. The number of hydrogen-bond acceptors (Lipinski definition) is 4. The van der Waals surface area contributed by atoms with Crippen molar-refractivity contribution in [3.8, 4) is 0 Å². The van der Waals surface area contributed by atoms with Gasteiger partial charge in [-0.15, -0.1) is 0 Å². The van der Waals surface area contributed by atoms with Crippen molar-refractivity contribution in [3.05, 3.63) is 17.3 Å². The van der Waals surface area contributed by atoms with Crippen molar-refractivity contribution in [2.45, 2.75) is 33.2 Å². The molecule has 0 aliphatic carbocycles. The third-order valence-corrected chi connectivity index (χ3v) is 2.76. The second kappa shape index (κ2) is 4.14. The molecular weight excluding hydrogens is 192 g/mol. The summed E-state index contributed by atoms with van der Waals surface area (Å²) < 4.78 is 5.49. The van der Waals surface area contributed by atoms with Crippen molar-refractivity contribution < 1.29 is 9.21 Å². The molecule has 1 fully saturated rings. The van der Waals surface area contributed by atoms with Gasteiger partial charge in [0.25, 0.3) is 0 Å². The highest BCUT2D eigenvalue weighted by molar-refractivity contribution is 5.81. The van der Waals surface area contributed by atoms with Crippen LogP contribution in [0.1, 0.15) is 30.2 Å². The summed E-state index contributed by atoms with van der Waals surface area (Å²) in [4.78, 5) is 17.6. The largest absolute Gasteiger partial charge is 0.444 e. The number of hydrogen-bond donors (Lipinski definition) is 0. The van der Waals surface area contributed by atoms with Crippen molar-refractivity contribution in [3.63, 3.8) is 0 Å². The molecule has 0 spiro atoms. The SMILES string of the molecule is Cc1nc(CN2CCCC(=O)C2)oc1C. The maximum atomic E-state index is 11.2. The first-order valence-electron chi connectivity index (χ1n) is 5.32. The lowest BCUT2D eigenvalue weighted by Gasteiger charge is -2.23. The summed E-state index contributed by atoms with van der Waals surface area (Å²) in [5, 5.41) is 0. The fourth-order valence-electron chi connectivity index (χ4n) is 1.84. The highest BCUT2D eigenvalue weighted by atomic mass is 16.4. The van der Waals surface area contributed by atoms with Gasteiger partial charge in [0.1, 0.15) is 11.5 Å². The number of ketones is 1. The van der Waals surface area contributed by atoms with Gasteiger partial charge in [0, 0.05) is 6.42 Å². The highest BCUT2D eigenvalue weighted by Crippen LogP contribution is 2.13. The molecule has 4 nitrogen and oxygen atoms in total. The molecule has 0 radical (unpaired) electrons. The lowest BCUT2D eigenvalue weighted by atomic mass is 10.1. The average molecular weight is 208 g/mol. The van der Waals surface area contributed by atoms with Crippen molar-refractivity contribution >= 4 is 5.78 Å². The topological polar surface area (TPSA) is 46.3 Å². The van der Waals surface area contributed by atoms with E-state index >= 15 is 0 Å². The van der Waals surface area contributed by atoms with E-state index in [1.165, 1.54) is 0 Å². The number of likely N-dealkylation sites (tertiary alicyclic amines) is 1. The van der Waals surface area contributed by atoms with Gasteiger partial charge in [-0.1, -0.05) is 0 Å². The van der Waals surface area contributed by atoms with E-state index in [0.29, 0.717) is 18.9 Å². The maximum absolute atomic E-state index is 11.2. The van der Waals surface area contributed by atoms with E-state index in [2.05, 4.69) is 9.88 Å². The van der Waals surface area contributed by atoms with Crippen LogP contribution in [-0.4, -0.2) is 28.8 Å². The minimum atomic E-state index is 0.321. The van der Waals surface area contributed by atoms with Crippen LogP contribution >= 0.6 is 0 Å². The number of carbonyl (C=O) groups is 1. The molecule has 2 heterocycles. The summed E-state index contributed by atoms with van der Waals surface area (Å²) in [5.74, 6) is 1.91. The van der Waals surface area contributed by atoms with Crippen LogP contribution in [0.15, 0.2) is 4.42 Å². The Balaban J connectivity index is 1.99. The fourth-order valence-corrected chi connectivity index (χ4v) is 1.84. The second-order valence-corrected chi connectivity index (χ2v) is 4.10. The van der Waals surface area contributed by atoms with Crippen LogP contribution in [0.4, 0.5) is 0 Å². The first-order valence-corrected chi connectivity index (χ1v) is 5.32. The summed E-state index contributed by atoms with van der Waals surface area (Å²) in [6.07, 6.45) is 1.68. The zero-order valence-electron chi connectivity index (χ0n) is 9.25. The van der Waals surface area contributed by atoms with E-state index in [1.807, 2.05) is 13.8 Å². The Morgan fingerprint density at radius 2 is 2.27 bits per heavy atom. The van der Waals surface area contributed by atoms with Gasteiger partial charge in [-0.3, -0.25) is 9.69 Å². The van der Waals surface area contributed by atoms with E-state index in [9.17, 15) is 4.79 Å². The molecule has 82 valence electrons. The van der Waals surface area contributed by atoms with Gasteiger partial charge in [-0.2, -0.15) is 0 Å². The number of piperidine rings is 1. The summed E-state index contributed by atoms with van der Waals surface area (Å²) >= 11 is 0. The molecule has 0 aromatic carbocycles. The van der Waals surface area contributed by atoms with E-state index in [0.717, 1.165) is 36.7 Å². The molecule has 1 saturated heterocycles. The minimum absolute atomic E-state index is 0.321. The Kier molecular flexibility index (Phi) is 2.86. The van der Waals surface area contributed by atoms with Crippen LogP contribution in [0, 0.1) is 13.8 Å². The molecule has 1 aromatic rings. The van der Waals surface area contributed by atoms with Crippen LogP contribution in [0.25, 0.3) is 0 Å². The maximum Gasteiger partial charge on any atom is 0.208 e. The quantitative estimate of drug-likeness (QED) is 0.738. The Hall–Kier alpha value is -1.16. The smallest absolute Gasteiger partial charge is 0.208 e. The summed E-state index contributed by atoms with van der Waals surface area (Å²) in [7, 11) is 0. The van der Waals surface area contributed by atoms with Gasteiger partial charge >= 0.3 is 0 Å². The molecule has 0 bridgehead atoms. The van der Waals surface area contributed by atoms with E-state index in [-0.39, 0.29) is 0 Å². The van der Waals surface area contributed by atoms with Crippen LogP contribution in [0.2, 0.25) is 0 Å². The molecule has 1 aliphatic rings. The van der Waals surface area contributed by atoms with Crippen LogP contribution in [-0.2, 0) is 11.3 Å². The molecule has 0 amide bonds. The molecule has 0 N–H and O–H groups in total. The van der Waals surface area contributed by atoms with Crippen molar-refractivity contribution in [2.24, 2.45) is 0 Å². The van der Waals surface area contributed by atoms with E-state index in [1.54, 1.807) is 0 Å². The van der Waals surface area contributed by atoms with Crippen molar-refractivity contribution in [1.82, 2.24) is 9.88 Å².